The van der Waals surface area contributed by atoms with E-state index in [1.165, 1.54) is 24.3 Å². The van der Waals surface area contributed by atoms with Gasteiger partial charge in [0.1, 0.15) is 5.75 Å². The molecule has 0 unspecified atom stereocenters. The molecule has 0 aliphatic carbocycles. The van der Waals surface area contributed by atoms with E-state index in [1.807, 2.05) is 13.8 Å². The Morgan fingerprint density at radius 2 is 1.84 bits per heavy atom. The van der Waals surface area contributed by atoms with E-state index in [0.717, 1.165) is 6.42 Å². The average molecular weight is 287 g/mol. The predicted molar refractivity (Wildman–Crippen MR) is 73.6 cm³/mol. The molecule has 19 heavy (non-hydrogen) atoms. The molecule has 108 valence electrons. The molecule has 2 N–H and O–H groups in total. The molecule has 1 aromatic rings. The van der Waals surface area contributed by atoms with Gasteiger partial charge in [0, 0.05) is 20.3 Å². The number of benzene rings is 1. The van der Waals surface area contributed by atoms with E-state index in [-0.39, 0.29) is 16.1 Å². The van der Waals surface area contributed by atoms with Gasteiger partial charge in [0.25, 0.3) is 0 Å². The minimum atomic E-state index is -3.54. The third kappa shape index (κ3) is 5.18. The van der Waals surface area contributed by atoms with Crippen molar-refractivity contribution in [1.29, 1.82) is 0 Å². The highest BCUT2D eigenvalue weighted by Crippen LogP contribution is 2.20. The summed E-state index contributed by atoms with van der Waals surface area (Å²) in [5.74, 6) is 0.0411. The fourth-order valence-electron chi connectivity index (χ4n) is 1.47. The fraction of sp³-hybridized carbons (Fsp3) is 0.538. The molecule has 0 heterocycles. The molecule has 0 atom stereocenters. The van der Waals surface area contributed by atoms with Crippen LogP contribution in [0.5, 0.6) is 5.75 Å². The van der Waals surface area contributed by atoms with Gasteiger partial charge in [-0.05, 0) is 36.1 Å². The molecule has 1 rings (SSSR count). The number of sulfonamides is 1. The van der Waals surface area contributed by atoms with Crippen molar-refractivity contribution < 1.29 is 18.3 Å². The number of nitrogens with one attached hydrogen (secondary N) is 1. The van der Waals surface area contributed by atoms with E-state index < -0.39 is 10.0 Å². The lowest BCUT2D eigenvalue weighted by Crippen LogP contribution is -2.34. The normalized spacial score (nSPS) is 12.6. The zero-order valence-corrected chi connectivity index (χ0v) is 12.3. The Labute approximate surface area is 114 Å². The van der Waals surface area contributed by atoms with Crippen molar-refractivity contribution in [3.05, 3.63) is 24.3 Å². The molecule has 6 heteroatoms. The van der Waals surface area contributed by atoms with E-state index >= 15 is 0 Å². The van der Waals surface area contributed by atoms with Crippen molar-refractivity contribution in [2.75, 3.05) is 20.3 Å². The molecule has 0 spiro atoms. The van der Waals surface area contributed by atoms with Crippen LogP contribution in [0, 0.1) is 5.41 Å². The lowest BCUT2D eigenvalue weighted by atomic mass is 9.90. The van der Waals surface area contributed by atoms with Crippen LogP contribution in [0.3, 0.4) is 0 Å². The summed E-state index contributed by atoms with van der Waals surface area (Å²) >= 11 is 0. The second kappa shape index (κ2) is 6.36. The van der Waals surface area contributed by atoms with E-state index in [1.54, 1.807) is 7.11 Å². The molecule has 0 fully saturated rings. The monoisotopic (exact) mass is 287 g/mol. The van der Waals surface area contributed by atoms with Gasteiger partial charge in [-0.25, -0.2) is 13.1 Å². The van der Waals surface area contributed by atoms with Gasteiger partial charge in [0.15, 0.2) is 0 Å². The number of hydrogen-bond donors (Lipinski definition) is 2. The van der Waals surface area contributed by atoms with Crippen LogP contribution in [0.2, 0.25) is 0 Å². The first-order valence-electron chi connectivity index (χ1n) is 6.04. The third-order valence-electron chi connectivity index (χ3n) is 2.87. The van der Waals surface area contributed by atoms with Crippen molar-refractivity contribution in [2.45, 2.75) is 25.2 Å². The van der Waals surface area contributed by atoms with Gasteiger partial charge >= 0.3 is 0 Å². The fourth-order valence-corrected chi connectivity index (χ4v) is 2.71. The Hall–Kier alpha value is -1.11. The van der Waals surface area contributed by atoms with Crippen LogP contribution >= 0.6 is 0 Å². The topological polar surface area (TPSA) is 75.6 Å². The lowest BCUT2D eigenvalue weighted by Gasteiger charge is -2.24. The van der Waals surface area contributed by atoms with Crippen LogP contribution in [-0.4, -0.2) is 33.8 Å². The first-order valence-corrected chi connectivity index (χ1v) is 7.53. The minimum absolute atomic E-state index is 0.0411. The van der Waals surface area contributed by atoms with Crippen LogP contribution in [0.15, 0.2) is 29.2 Å². The molecule has 5 nitrogen and oxygen atoms in total. The summed E-state index contributed by atoms with van der Waals surface area (Å²) in [7, 11) is -1.92. The number of ether oxygens (including phenoxy) is 1. The molecule has 0 aromatic heterocycles. The number of hydrogen-bond acceptors (Lipinski definition) is 4. The Balaban J connectivity index is 2.68. The van der Waals surface area contributed by atoms with Crippen LogP contribution in [-0.2, 0) is 14.8 Å². The van der Waals surface area contributed by atoms with Crippen molar-refractivity contribution in [2.24, 2.45) is 5.41 Å². The first kappa shape index (κ1) is 15.9. The summed E-state index contributed by atoms with van der Waals surface area (Å²) in [6.07, 6.45) is 0.765. The average Bonchev–Trinajstić information content (AvgIpc) is 2.35. The summed E-state index contributed by atoms with van der Waals surface area (Å²) < 4.78 is 31.7. The van der Waals surface area contributed by atoms with E-state index in [9.17, 15) is 8.42 Å². The summed E-state index contributed by atoms with van der Waals surface area (Å²) in [6, 6.07) is 5.45. The van der Waals surface area contributed by atoms with Crippen molar-refractivity contribution in [3.8, 4) is 5.75 Å². The molecule has 0 aliphatic rings. The number of phenols is 1. The number of methoxy groups -OCH3 is 1. The molecular weight excluding hydrogens is 266 g/mol. The lowest BCUT2D eigenvalue weighted by molar-refractivity contribution is 0.153. The number of rotatable bonds is 7. The zero-order valence-electron chi connectivity index (χ0n) is 11.5. The van der Waals surface area contributed by atoms with Gasteiger partial charge in [-0.3, -0.25) is 0 Å². The number of aromatic hydroxyl groups is 1. The van der Waals surface area contributed by atoms with E-state index in [4.69, 9.17) is 9.84 Å². The van der Waals surface area contributed by atoms with Gasteiger partial charge in [0.2, 0.25) is 10.0 Å². The first-order chi connectivity index (χ1) is 8.77. The van der Waals surface area contributed by atoms with Crippen LogP contribution in [0.25, 0.3) is 0 Å². The van der Waals surface area contributed by atoms with Crippen LogP contribution in [0.4, 0.5) is 0 Å². The summed E-state index contributed by atoms with van der Waals surface area (Å²) in [6.45, 7) is 4.88. The third-order valence-corrected chi connectivity index (χ3v) is 4.29. The quantitative estimate of drug-likeness (QED) is 0.801. The zero-order chi connectivity index (χ0) is 14.5. The van der Waals surface area contributed by atoms with E-state index in [2.05, 4.69) is 4.72 Å². The molecule has 0 saturated heterocycles. The van der Waals surface area contributed by atoms with Gasteiger partial charge in [0.05, 0.1) is 4.90 Å². The van der Waals surface area contributed by atoms with Crippen molar-refractivity contribution >= 4 is 10.0 Å². The SMILES string of the molecule is COCCC(C)(C)CNS(=O)(=O)c1ccc(O)cc1. The molecule has 1 aromatic carbocycles. The predicted octanol–water partition coefficient (Wildman–Crippen LogP) is 1.73. The Kier molecular flexibility index (Phi) is 5.34. The minimum Gasteiger partial charge on any atom is -0.508 e. The smallest absolute Gasteiger partial charge is 0.240 e. The molecule has 0 saturated carbocycles. The Morgan fingerprint density at radius 1 is 1.26 bits per heavy atom. The Morgan fingerprint density at radius 3 is 2.37 bits per heavy atom. The molecule has 0 bridgehead atoms. The maximum atomic E-state index is 12.0. The van der Waals surface area contributed by atoms with Crippen molar-refractivity contribution in [1.82, 2.24) is 4.72 Å². The highest BCUT2D eigenvalue weighted by atomic mass is 32.2. The molecular formula is C13H21NO4S. The van der Waals surface area contributed by atoms with Gasteiger partial charge < -0.3 is 9.84 Å². The van der Waals surface area contributed by atoms with Crippen LogP contribution < -0.4 is 4.72 Å². The van der Waals surface area contributed by atoms with Crippen LogP contribution in [0.1, 0.15) is 20.3 Å². The van der Waals surface area contributed by atoms with E-state index in [0.29, 0.717) is 13.2 Å². The maximum Gasteiger partial charge on any atom is 0.240 e. The second-order valence-electron chi connectivity index (χ2n) is 5.23. The van der Waals surface area contributed by atoms with Gasteiger partial charge in [-0.15, -0.1) is 0 Å². The Bertz CT molecular complexity index is 494. The maximum absolute atomic E-state index is 12.0. The largest absolute Gasteiger partial charge is 0.508 e. The standard InChI is InChI=1S/C13H21NO4S/c1-13(2,8-9-18-3)10-14-19(16,17)12-6-4-11(15)5-7-12/h4-7,14-15H,8-10H2,1-3H3. The number of phenolic OH excluding ortho intramolecular Hbond substituents is 1. The van der Waals surface area contributed by atoms with Gasteiger partial charge in [-0.1, -0.05) is 13.8 Å². The molecule has 0 aliphatic heterocycles. The molecule has 0 amide bonds. The highest BCUT2D eigenvalue weighted by molar-refractivity contribution is 7.89. The second-order valence-corrected chi connectivity index (χ2v) is 6.99. The summed E-state index contributed by atoms with van der Waals surface area (Å²) in [4.78, 5) is 0.146. The van der Waals surface area contributed by atoms with Gasteiger partial charge in [-0.2, -0.15) is 0 Å². The van der Waals surface area contributed by atoms with Crippen molar-refractivity contribution in [3.63, 3.8) is 0 Å². The summed E-state index contributed by atoms with van der Waals surface area (Å²) in [5, 5.41) is 9.15. The molecule has 0 radical (unpaired) electrons. The highest BCUT2D eigenvalue weighted by Gasteiger charge is 2.22. The summed E-state index contributed by atoms with van der Waals surface area (Å²) in [5.41, 5.74) is -0.181.